The van der Waals surface area contributed by atoms with Gasteiger partial charge in [-0.3, -0.25) is 14.5 Å². The summed E-state index contributed by atoms with van der Waals surface area (Å²) < 4.78 is 5.48. The van der Waals surface area contributed by atoms with Crippen molar-refractivity contribution in [1.82, 2.24) is 10.2 Å². The van der Waals surface area contributed by atoms with Gasteiger partial charge in [-0.1, -0.05) is 25.8 Å². The summed E-state index contributed by atoms with van der Waals surface area (Å²) in [5, 5.41) is 3.95. The first kappa shape index (κ1) is 23.6. The van der Waals surface area contributed by atoms with Crippen molar-refractivity contribution in [2.45, 2.75) is 83.1 Å². The molecule has 184 valence electrons. The number of aryl methyl sites for hydroxylation is 1. The molecule has 3 aliphatic carbocycles. The summed E-state index contributed by atoms with van der Waals surface area (Å²) in [6, 6.07) is 7.42. The molecule has 5 nitrogen and oxygen atoms in total. The van der Waals surface area contributed by atoms with Crippen LogP contribution in [0.5, 0.6) is 5.75 Å². The van der Waals surface area contributed by atoms with Gasteiger partial charge in [0.15, 0.2) is 0 Å². The second-order valence-electron chi connectivity index (χ2n) is 11.2. The lowest BCUT2D eigenvalue weighted by Crippen LogP contribution is -2.48. The molecule has 1 heterocycles. The first-order valence-electron chi connectivity index (χ1n) is 13.4. The number of unbranched alkanes of at least 4 members (excludes halogenated alkanes) is 3. The first-order chi connectivity index (χ1) is 16.5. The number of carbonyl (C=O) groups excluding carboxylic acids is 2. The van der Waals surface area contributed by atoms with Crippen LogP contribution in [0.15, 0.2) is 30.4 Å². The topological polar surface area (TPSA) is 58.6 Å². The summed E-state index contributed by atoms with van der Waals surface area (Å²) in [4.78, 5) is 24.6. The van der Waals surface area contributed by atoms with Gasteiger partial charge in [-0.05, 0) is 104 Å². The van der Waals surface area contributed by atoms with Crippen molar-refractivity contribution < 1.29 is 14.3 Å². The number of hydrogen-bond acceptors (Lipinski definition) is 4. The van der Waals surface area contributed by atoms with Crippen LogP contribution in [0.1, 0.15) is 81.8 Å². The zero-order chi connectivity index (χ0) is 23.7. The number of benzene rings is 1. The quantitative estimate of drug-likeness (QED) is 0.413. The van der Waals surface area contributed by atoms with Crippen LogP contribution >= 0.6 is 0 Å². The summed E-state index contributed by atoms with van der Waals surface area (Å²) in [5.74, 6) is 3.08. The maximum atomic E-state index is 11.6. The van der Waals surface area contributed by atoms with Crippen LogP contribution < -0.4 is 10.1 Å². The van der Waals surface area contributed by atoms with E-state index in [4.69, 9.17) is 4.74 Å². The van der Waals surface area contributed by atoms with Crippen molar-refractivity contribution in [2.75, 3.05) is 20.2 Å². The highest BCUT2D eigenvalue weighted by Gasteiger charge is 2.54. The third-order valence-corrected chi connectivity index (χ3v) is 9.53. The highest BCUT2D eigenvalue weighted by molar-refractivity contribution is 6.12. The van der Waals surface area contributed by atoms with Crippen LogP contribution in [0.4, 0.5) is 0 Å². The molecule has 0 aromatic heterocycles. The maximum Gasteiger partial charge on any atom is 0.253 e. The largest absolute Gasteiger partial charge is 0.497 e. The number of ether oxygens (including phenoxy) is 1. The Morgan fingerprint density at radius 2 is 1.82 bits per heavy atom. The fourth-order valence-electron chi connectivity index (χ4n) is 7.70. The molecular formula is C29H40N2O3. The van der Waals surface area contributed by atoms with Gasteiger partial charge in [0, 0.05) is 24.7 Å². The van der Waals surface area contributed by atoms with E-state index in [1.807, 2.05) is 0 Å². The van der Waals surface area contributed by atoms with Gasteiger partial charge in [-0.15, -0.1) is 0 Å². The lowest BCUT2D eigenvalue weighted by molar-refractivity contribution is -0.136. The highest BCUT2D eigenvalue weighted by Crippen LogP contribution is 2.61. The molecule has 0 unspecified atom stereocenters. The molecule has 2 amide bonds. The lowest BCUT2D eigenvalue weighted by atomic mass is 9.55. The molecule has 4 aliphatic rings. The fourth-order valence-corrected chi connectivity index (χ4v) is 7.70. The minimum atomic E-state index is -0.161. The number of methoxy groups -OCH3 is 1. The SMILES string of the molecule is COc1ccc2c(c1)CC[C@H]1[C@@H]2CC[C@]2(C)[C@@H](NCCCCCCN3C(=O)C=CC3=O)CC[C@H]12. The number of nitrogens with one attached hydrogen (secondary N) is 1. The van der Waals surface area contributed by atoms with Crippen LogP contribution in [0.3, 0.4) is 0 Å². The van der Waals surface area contributed by atoms with Crippen molar-refractivity contribution in [3.8, 4) is 5.75 Å². The Bertz CT molecular complexity index is 939. The van der Waals surface area contributed by atoms with Gasteiger partial charge in [0.25, 0.3) is 11.8 Å². The average molecular weight is 465 g/mol. The van der Waals surface area contributed by atoms with Crippen LogP contribution in [0, 0.1) is 17.3 Å². The number of nitrogens with zero attached hydrogens (tertiary/aromatic N) is 1. The monoisotopic (exact) mass is 464 g/mol. The number of hydrogen-bond donors (Lipinski definition) is 1. The van der Waals surface area contributed by atoms with E-state index < -0.39 is 0 Å². The normalized spacial score (nSPS) is 32.0. The van der Waals surface area contributed by atoms with Gasteiger partial charge < -0.3 is 10.1 Å². The summed E-state index contributed by atoms with van der Waals surface area (Å²) in [5.41, 5.74) is 3.55. The predicted octanol–water partition coefficient (Wildman–Crippen LogP) is 4.99. The minimum Gasteiger partial charge on any atom is -0.497 e. The second kappa shape index (κ2) is 9.85. The Kier molecular flexibility index (Phi) is 6.83. The minimum absolute atomic E-state index is 0.161. The maximum absolute atomic E-state index is 11.6. The van der Waals surface area contributed by atoms with E-state index in [9.17, 15) is 9.59 Å². The Balaban J connectivity index is 1.08. The van der Waals surface area contributed by atoms with E-state index in [2.05, 4.69) is 30.4 Å². The summed E-state index contributed by atoms with van der Waals surface area (Å²) >= 11 is 0. The number of imide groups is 1. The first-order valence-corrected chi connectivity index (χ1v) is 13.4. The molecule has 0 radical (unpaired) electrons. The van der Waals surface area contributed by atoms with Crippen molar-refractivity contribution in [2.24, 2.45) is 17.3 Å². The molecule has 0 bridgehead atoms. The van der Waals surface area contributed by atoms with Gasteiger partial charge >= 0.3 is 0 Å². The van der Waals surface area contributed by atoms with E-state index in [1.165, 1.54) is 67.6 Å². The van der Waals surface area contributed by atoms with E-state index in [-0.39, 0.29) is 11.8 Å². The summed E-state index contributed by atoms with van der Waals surface area (Å²) in [6.07, 6.45) is 14.9. The van der Waals surface area contributed by atoms with E-state index in [1.54, 1.807) is 12.7 Å². The molecule has 0 spiro atoms. The van der Waals surface area contributed by atoms with Crippen molar-refractivity contribution in [1.29, 1.82) is 0 Å². The van der Waals surface area contributed by atoms with E-state index in [0.717, 1.165) is 49.3 Å². The Labute approximate surface area is 204 Å². The molecule has 5 heteroatoms. The zero-order valence-corrected chi connectivity index (χ0v) is 20.9. The van der Waals surface area contributed by atoms with Crippen molar-refractivity contribution >= 4 is 11.8 Å². The van der Waals surface area contributed by atoms with Gasteiger partial charge in [-0.25, -0.2) is 0 Å². The van der Waals surface area contributed by atoms with Crippen LogP contribution in [0.2, 0.25) is 0 Å². The summed E-state index contributed by atoms with van der Waals surface area (Å²) in [7, 11) is 1.77. The number of rotatable bonds is 9. The van der Waals surface area contributed by atoms with E-state index in [0.29, 0.717) is 18.0 Å². The molecule has 5 atom stereocenters. The van der Waals surface area contributed by atoms with Crippen LogP contribution in [-0.4, -0.2) is 43.0 Å². The molecule has 2 saturated carbocycles. The molecule has 0 saturated heterocycles. The zero-order valence-electron chi connectivity index (χ0n) is 20.9. The molecule has 5 rings (SSSR count). The predicted molar refractivity (Wildman–Crippen MR) is 134 cm³/mol. The highest BCUT2D eigenvalue weighted by atomic mass is 16.5. The van der Waals surface area contributed by atoms with Crippen molar-refractivity contribution in [3.63, 3.8) is 0 Å². The van der Waals surface area contributed by atoms with Gasteiger partial charge in [0.05, 0.1) is 7.11 Å². The van der Waals surface area contributed by atoms with Gasteiger partial charge in [0.2, 0.25) is 0 Å². The molecule has 1 aliphatic heterocycles. The molecule has 1 aromatic carbocycles. The fraction of sp³-hybridized carbons (Fsp3) is 0.655. The molecule has 1 aromatic rings. The third kappa shape index (κ3) is 4.32. The molecule has 1 N–H and O–H groups in total. The standard InChI is InChI=1S/C29H40N2O3/c1-29-16-15-23-22-10-8-21(34-2)19-20(22)7-9-24(23)25(29)11-12-26(29)30-17-5-3-4-6-18-31-27(32)13-14-28(31)33/h8,10,13-14,19,23-26,30H,3-7,9,11-12,15-18H2,1-2H3/t23-,24+,25-,26+,29+/m1/s1. The van der Waals surface area contributed by atoms with Gasteiger partial charge in [-0.2, -0.15) is 0 Å². The number of carbonyl (C=O) groups is 2. The Morgan fingerprint density at radius 3 is 2.62 bits per heavy atom. The Morgan fingerprint density at radius 1 is 1.03 bits per heavy atom. The Hall–Kier alpha value is -2.14. The molecule has 34 heavy (non-hydrogen) atoms. The lowest BCUT2D eigenvalue weighted by Gasteiger charge is -2.51. The summed E-state index contributed by atoms with van der Waals surface area (Å²) in [6.45, 7) is 4.20. The van der Waals surface area contributed by atoms with Gasteiger partial charge in [0.1, 0.15) is 5.75 Å². The molecular weight excluding hydrogens is 424 g/mol. The second-order valence-corrected chi connectivity index (χ2v) is 11.2. The molecule has 2 fully saturated rings. The van der Waals surface area contributed by atoms with Crippen LogP contribution in [-0.2, 0) is 16.0 Å². The number of amides is 2. The smallest absolute Gasteiger partial charge is 0.253 e. The van der Waals surface area contributed by atoms with Crippen molar-refractivity contribution in [3.05, 3.63) is 41.5 Å². The number of fused-ring (bicyclic) bond motifs is 5. The van der Waals surface area contributed by atoms with Crippen LogP contribution in [0.25, 0.3) is 0 Å². The average Bonchev–Trinajstić information content (AvgIpc) is 3.36. The third-order valence-electron chi connectivity index (χ3n) is 9.53. The van der Waals surface area contributed by atoms with E-state index >= 15 is 0 Å².